The van der Waals surface area contributed by atoms with Crippen molar-refractivity contribution in [2.45, 2.75) is 33.6 Å². The Hall–Kier alpha value is -1.16. The minimum atomic E-state index is 0.331. The van der Waals surface area contributed by atoms with E-state index in [1.807, 2.05) is 19.1 Å². The number of rotatable bonds is 2. The number of aryl methyl sites for hydroxylation is 1. The molecule has 0 saturated carbocycles. The molecule has 2 rings (SSSR count). The molecule has 1 aliphatic heterocycles. The summed E-state index contributed by atoms with van der Waals surface area (Å²) >= 11 is 5.13. The Labute approximate surface area is 114 Å². The van der Waals surface area contributed by atoms with Crippen molar-refractivity contribution in [1.29, 1.82) is 0 Å². The van der Waals surface area contributed by atoms with Crippen molar-refractivity contribution in [2.24, 2.45) is 11.1 Å². The van der Waals surface area contributed by atoms with E-state index in [9.17, 15) is 0 Å². The second kappa shape index (κ2) is 4.84. The van der Waals surface area contributed by atoms with Crippen LogP contribution in [0.4, 0.5) is 5.82 Å². The molecule has 0 unspecified atom stereocenters. The van der Waals surface area contributed by atoms with E-state index in [4.69, 9.17) is 18.0 Å². The molecular formula is C14H21N3S. The minimum absolute atomic E-state index is 0.331. The molecule has 1 aromatic rings. The van der Waals surface area contributed by atoms with Crippen molar-refractivity contribution < 1.29 is 0 Å². The van der Waals surface area contributed by atoms with E-state index in [-0.39, 0.29) is 0 Å². The van der Waals surface area contributed by atoms with Crippen LogP contribution in [0.1, 0.15) is 37.9 Å². The van der Waals surface area contributed by atoms with Gasteiger partial charge >= 0.3 is 0 Å². The summed E-state index contributed by atoms with van der Waals surface area (Å²) in [5, 5.41) is 0. The molecule has 4 heteroatoms. The van der Waals surface area contributed by atoms with E-state index in [0.717, 1.165) is 30.2 Å². The molecule has 0 spiro atoms. The highest BCUT2D eigenvalue weighted by molar-refractivity contribution is 7.80. The monoisotopic (exact) mass is 263 g/mol. The maximum atomic E-state index is 5.80. The summed E-state index contributed by atoms with van der Waals surface area (Å²) < 4.78 is 0. The molecule has 1 fully saturated rings. The number of aromatic nitrogens is 1. The first-order chi connectivity index (χ1) is 8.39. The molecule has 0 atom stereocenters. The number of pyridine rings is 1. The number of nitrogens with two attached hydrogens (primary N) is 1. The van der Waals surface area contributed by atoms with Gasteiger partial charge in [0, 0.05) is 18.8 Å². The van der Waals surface area contributed by atoms with Crippen molar-refractivity contribution in [2.75, 3.05) is 18.0 Å². The van der Waals surface area contributed by atoms with Crippen LogP contribution in [-0.2, 0) is 0 Å². The molecule has 2 N–H and O–H groups in total. The molecule has 0 bridgehead atoms. The third-order valence-electron chi connectivity index (χ3n) is 3.48. The van der Waals surface area contributed by atoms with Gasteiger partial charge in [-0.1, -0.05) is 26.1 Å². The number of hydrogen-bond donors (Lipinski definition) is 1. The molecule has 0 radical (unpaired) electrons. The van der Waals surface area contributed by atoms with E-state index in [1.54, 1.807) is 0 Å². The van der Waals surface area contributed by atoms with Gasteiger partial charge in [-0.3, -0.25) is 0 Å². The van der Waals surface area contributed by atoms with Crippen LogP contribution in [-0.4, -0.2) is 23.1 Å². The van der Waals surface area contributed by atoms with Gasteiger partial charge in [0.2, 0.25) is 0 Å². The third-order valence-corrected chi connectivity index (χ3v) is 3.70. The van der Waals surface area contributed by atoms with Gasteiger partial charge in [0.1, 0.15) is 10.8 Å². The molecule has 2 heterocycles. The van der Waals surface area contributed by atoms with Crippen LogP contribution < -0.4 is 10.6 Å². The van der Waals surface area contributed by atoms with Crippen LogP contribution in [0.25, 0.3) is 0 Å². The third kappa shape index (κ3) is 2.80. The Morgan fingerprint density at radius 2 is 2.17 bits per heavy atom. The highest BCUT2D eigenvalue weighted by Crippen LogP contribution is 2.32. The largest absolute Gasteiger partial charge is 0.389 e. The van der Waals surface area contributed by atoms with Gasteiger partial charge in [-0.15, -0.1) is 0 Å². The molecule has 3 nitrogen and oxygen atoms in total. The predicted octanol–water partition coefficient (Wildman–Crippen LogP) is 2.65. The normalized spacial score (nSPS) is 18.7. The van der Waals surface area contributed by atoms with Gasteiger partial charge in [0.25, 0.3) is 0 Å². The lowest BCUT2D eigenvalue weighted by Gasteiger charge is -2.39. The zero-order valence-corrected chi connectivity index (χ0v) is 12.2. The first-order valence-corrected chi connectivity index (χ1v) is 6.82. The van der Waals surface area contributed by atoms with Crippen LogP contribution in [0.3, 0.4) is 0 Å². The van der Waals surface area contributed by atoms with Gasteiger partial charge in [0.15, 0.2) is 0 Å². The van der Waals surface area contributed by atoms with Crippen molar-refractivity contribution >= 4 is 23.0 Å². The lowest BCUT2D eigenvalue weighted by molar-refractivity contribution is 0.292. The lowest BCUT2D eigenvalue weighted by atomic mass is 9.84. The van der Waals surface area contributed by atoms with E-state index >= 15 is 0 Å². The molecule has 18 heavy (non-hydrogen) atoms. The summed E-state index contributed by atoms with van der Waals surface area (Å²) in [6.07, 6.45) is 2.46. The molecule has 0 amide bonds. The van der Waals surface area contributed by atoms with Crippen molar-refractivity contribution in [1.82, 2.24) is 4.98 Å². The van der Waals surface area contributed by atoms with Gasteiger partial charge < -0.3 is 10.6 Å². The number of hydrogen-bond acceptors (Lipinski definition) is 3. The van der Waals surface area contributed by atoms with Crippen molar-refractivity contribution in [3.05, 3.63) is 23.4 Å². The first kappa shape index (κ1) is 13.3. The predicted molar refractivity (Wildman–Crippen MR) is 80.1 cm³/mol. The van der Waals surface area contributed by atoms with Gasteiger partial charge in [-0.05, 0) is 37.3 Å². The van der Waals surface area contributed by atoms with Crippen molar-refractivity contribution in [3.63, 3.8) is 0 Å². The zero-order valence-electron chi connectivity index (χ0n) is 11.4. The molecule has 0 aromatic carbocycles. The van der Waals surface area contributed by atoms with Crippen LogP contribution in [0, 0.1) is 12.3 Å². The number of piperidine rings is 1. The summed E-state index contributed by atoms with van der Waals surface area (Å²) in [6.45, 7) is 8.65. The number of thiocarbonyl (C=S) groups is 1. The Kier molecular flexibility index (Phi) is 3.57. The Bertz CT molecular complexity index is 468. The van der Waals surface area contributed by atoms with E-state index < -0.39 is 0 Å². The van der Waals surface area contributed by atoms with E-state index in [2.05, 4.69) is 23.7 Å². The van der Waals surface area contributed by atoms with Crippen LogP contribution in [0.5, 0.6) is 0 Å². The average Bonchev–Trinajstić information content (AvgIpc) is 2.27. The van der Waals surface area contributed by atoms with Crippen LogP contribution >= 0.6 is 12.2 Å². The zero-order chi connectivity index (χ0) is 13.3. The SMILES string of the molecule is Cc1ccc(C(N)=S)c(N2CCCC(C)(C)C2)n1. The summed E-state index contributed by atoms with van der Waals surface area (Å²) in [4.78, 5) is 7.40. The van der Waals surface area contributed by atoms with E-state index in [0.29, 0.717) is 10.4 Å². The number of anilines is 1. The Morgan fingerprint density at radius 1 is 1.44 bits per heavy atom. The maximum Gasteiger partial charge on any atom is 0.139 e. The Balaban J connectivity index is 2.37. The quantitative estimate of drug-likeness (QED) is 0.833. The molecular weight excluding hydrogens is 242 g/mol. The molecule has 1 saturated heterocycles. The fraction of sp³-hybridized carbons (Fsp3) is 0.571. The first-order valence-electron chi connectivity index (χ1n) is 6.41. The lowest BCUT2D eigenvalue weighted by Crippen LogP contribution is -2.41. The van der Waals surface area contributed by atoms with Crippen LogP contribution in [0.2, 0.25) is 0 Å². The minimum Gasteiger partial charge on any atom is -0.389 e. The van der Waals surface area contributed by atoms with E-state index in [1.165, 1.54) is 12.8 Å². The second-order valence-electron chi connectivity index (χ2n) is 5.88. The topological polar surface area (TPSA) is 42.1 Å². The fourth-order valence-corrected chi connectivity index (χ4v) is 2.74. The van der Waals surface area contributed by atoms with Gasteiger partial charge in [0.05, 0.1) is 5.56 Å². The summed E-state index contributed by atoms with van der Waals surface area (Å²) in [5.41, 5.74) is 8.04. The maximum absolute atomic E-state index is 5.80. The highest BCUT2D eigenvalue weighted by Gasteiger charge is 2.28. The van der Waals surface area contributed by atoms with Crippen molar-refractivity contribution in [3.8, 4) is 0 Å². The van der Waals surface area contributed by atoms with Gasteiger partial charge in [-0.25, -0.2) is 4.98 Å². The molecule has 1 aliphatic rings. The average molecular weight is 263 g/mol. The second-order valence-corrected chi connectivity index (χ2v) is 6.32. The Morgan fingerprint density at radius 3 is 2.78 bits per heavy atom. The highest BCUT2D eigenvalue weighted by atomic mass is 32.1. The molecule has 0 aliphatic carbocycles. The fourth-order valence-electron chi connectivity index (χ4n) is 2.58. The summed E-state index contributed by atoms with van der Waals surface area (Å²) in [6, 6.07) is 3.95. The summed E-state index contributed by atoms with van der Waals surface area (Å²) in [5.74, 6) is 0.954. The summed E-state index contributed by atoms with van der Waals surface area (Å²) in [7, 11) is 0. The van der Waals surface area contributed by atoms with Crippen LogP contribution in [0.15, 0.2) is 12.1 Å². The van der Waals surface area contributed by atoms with Gasteiger partial charge in [-0.2, -0.15) is 0 Å². The smallest absolute Gasteiger partial charge is 0.139 e. The molecule has 98 valence electrons. The molecule has 1 aromatic heterocycles. The number of nitrogens with zero attached hydrogens (tertiary/aromatic N) is 2. The standard InChI is InChI=1S/C14H21N3S/c1-10-5-6-11(12(15)18)13(16-10)17-8-4-7-14(2,3)9-17/h5-6H,4,7-9H2,1-3H3,(H2,15,18).